The van der Waals surface area contributed by atoms with E-state index in [1.54, 1.807) is 24.0 Å². The molecule has 22 heavy (non-hydrogen) atoms. The zero-order valence-electron chi connectivity index (χ0n) is 13.2. The maximum absolute atomic E-state index is 4.64. The van der Waals surface area contributed by atoms with Crippen LogP contribution in [0.15, 0.2) is 18.9 Å². The van der Waals surface area contributed by atoms with E-state index >= 15 is 0 Å². The summed E-state index contributed by atoms with van der Waals surface area (Å²) < 4.78 is 3.86. The molecule has 0 aromatic carbocycles. The van der Waals surface area contributed by atoms with Crippen molar-refractivity contribution >= 4 is 21.4 Å². The molecule has 3 heterocycles. The third kappa shape index (κ3) is 3.44. The molecule has 0 amide bonds. The molecule has 0 aliphatic heterocycles. The zero-order chi connectivity index (χ0) is 15.6. The second kappa shape index (κ2) is 6.04. The molecule has 0 saturated heterocycles. The van der Waals surface area contributed by atoms with Crippen molar-refractivity contribution in [3.8, 4) is 0 Å². The van der Waals surface area contributed by atoms with Crippen molar-refractivity contribution in [2.45, 2.75) is 45.6 Å². The molecule has 0 spiro atoms. The third-order valence-corrected chi connectivity index (χ3v) is 4.28. The highest BCUT2D eigenvalue weighted by Crippen LogP contribution is 2.25. The van der Waals surface area contributed by atoms with Gasteiger partial charge in [-0.2, -0.15) is 0 Å². The van der Waals surface area contributed by atoms with Gasteiger partial charge in [-0.3, -0.25) is 0 Å². The van der Waals surface area contributed by atoms with Gasteiger partial charge in [0.15, 0.2) is 0 Å². The average molecular weight is 319 g/mol. The number of imidazole rings is 1. The number of fused-ring (bicyclic) bond motifs is 1. The molecule has 7 nitrogen and oxygen atoms in total. The fourth-order valence-electron chi connectivity index (χ4n) is 2.09. The summed E-state index contributed by atoms with van der Waals surface area (Å²) in [4.78, 5) is 5.59. The third-order valence-electron chi connectivity index (χ3n) is 3.40. The van der Waals surface area contributed by atoms with Gasteiger partial charge in [-0.05, 0) is 12.8 Å². The summed E-state index contributed by atoms with van der Waals surface area (Å²) in [5, 5.41) is 16.4. The standard InChI is InChI=1S/C14H21N7S/c1-14(2,3)11-8-21-13(18-11)22-12(19-21)15-6-4-5-7-20-9-16-17-10-20/h8-10H,4-7H2,1-3H3,(H,15,19). The van der Waals surface area contributed by atoms with Gasteiger partial charge in [0, 0.05) is 18.5 Å². The Balaban J connectivity index is 1.48. The Labute approximate surface area is 133 Å². The van der Waals surface area contributed by atoms with Gasteiger partial charge in [-0.15, -0.1) is 15.3 Å². The molecule has 0 fully saturated rings. The average Bonchev–Trinajstić information content (AvgIpc) is 3.11. The Hall–Kier alpha value is -1.96. The summed E-state index contributed by atoms with van der Waals surface area (Å²) in [6.45, 7) is 8.34. The van der Waals surface area contributed by atoms with Crippen LogP contribution in [0.2, 0.25) is 0 Å². The van der Waals surface area contributed by atoms with E-state index in [0.717, 1.165) is 41.7 Å². The molecule has 0 radical (unpaired) electrons. The normalized spacial score (nSPS) is 12.1. The molecule has 0 atom stereocenters. The second-order valence-corrected chi connectivity index (χ2v) is 7.30. The van der Waals surface area contributed by atoms with Crippen LogP contribution in [0.5, 0.6) is 0 Å². The Kier molecular flexibility index (Phi) is 4.10. The first-order chi connectivity index (χ1) is 10.5. The molecule has 0 bridgehead atoms. The van der Waals surface area contributed by atoms with Crippen molar-refractivity contribution in [3.63, 3.8) is 0 Å². The lowest BCUT2D eigenvalue weighted by molar-refractivity contribution is 0.572. The minimum atomic E-state index is 0.0587. The van der Waals surface area contributed by atoms with Crippen LogP contribution in [0.25, 0.3) is 4.96 Å². The fourth-order valence-corrected chi connectivity index (χ4v) is 2.89. The monoisotopic (exact) mass is 319 g/mol. The van der Waals surface area contributed by atoms with Gasteiger partial charge in [0.2, 0.25) is 10.1 Å². The summed E-state index contributed by atoms with van der Waals surface area (Å²) in [5.41, 5.74) is 1.13. The predicted octanol–water partition coefficient (Wildman–Crippen LogP) is 2.57. The minimum Gasteiger partial charge on any atom is -0.360 e. The predicted molar refractivity (Wildman–Crippen MR) is 87.3 cm³/mol. The van der Waals surface area contributed by atoms with Crippen LogP contribution in [0.3, 0.4) is 0 Å². The van der Waals surface area contributed by atoms with E-state index in [9.17, 15) is 0 Å². The van der Waals surface area contributed by atoms with E-state index < -0.39 is 0 Å². The lowest BCUT2D eigenvalue weighted by Gasteiger charge is -2.13. The smallest absolute Gasteiger partial charge is 0.214 e. The zero-order valence-corrected chi connectivity index (χ0v) is 14.0. The van der Waals surface area contributed by atoms with Crippen molar-refractivity contribution in [1.29, 1.82) is 0 Å². The fraction of sp³-hybridized carbons (Fsp3) is 0.571. The summed E-state index contributed by atoms with van der Waals surface area (Å²) in [6.07, 6.45) is 7.67. The van der Waals surface area contributed by atoms with Gasteiger partial charge in [0.05, 0.1) is 11.9 Å². The molecule has 3 aromatic heterocycles. The van der Waals surface area contributed by atoms with E-state index in [1.807, 2.05) is 15.3 Å². The molecule has 3 rings (SSSR count). The van der Waals surface area contributed by atoms with E-state index in [0.29, 0.717) is 0 Å². The van der Waals surface area contributed by atoms with E-state index in [2.05, 4.69) is 46.4 Å². The van der Waals surface area contributed by atoms with Crippen LogP contribution in [0.4, 0.5) is 5.13 Å². The van der Waals surface area contributed by atoms with Crippen LogP contribution in [-0.2, 0) is 12.0 Å². The van der Waals surface area contributed by atoms with Gasteiger partial charge in [-0.25, -0.2) is 9.50 Å². The van der Waals surface area contributed by atoms with Crippen LogP contribution >= 0.6 is 11.3 Å². The molecule has 1 N–H and O–H groups in total. The van der Waals surface area contributed by atoms with Gasteiger partial charge in [0.1, 0.15) is 12.7 Å². The van der Waals surface area contributed by atoms with E-state index in [-0.39, 0.29) is 5.41 Å². The van der Waals surface area contributed by atoms with Gasteiger partial charge < -0.3 is 9.88 Å². The van der Waals surface area contributed by atoms with E-state index in [1.165, 1.54) is 0 Å². The van der Waals surface area contributed by atoms with Crippen molar-refractivity contribution in [2.75, 3.05) is 11.9 Å². The van der Waals surface area contributed by atoms with Crippen molar-refractivity contribution in [1.82, 2.24) is 29.4 Å². The molecule has 118 valence electrons. The Morgan fingerprint density at radius 3 is 2.64 bits per heavy atom. The molecule has 0 saturated carbocycles. The number of aryl methyl sites for hydroxylation is 1. The molecular formula is C14H21N7S. The molecule has 0 aliphatic carbocycles. The Morgan fingerprint density at radius 2 is 1.95 bits per heavy atom. The number of aromatic nitrogens is 6. The maximum atomic E-state index is 4.64. The van der Waals surface area contributed by atoms with Gasteiger partial charge >= 0.3 is 0 Å². The van der Waals surface area contributed by atoms with Crippen molar-refractivity contribution < 1.29 is 0 Å². The number of hydrogen-bond acceptors (Lipinski definition) is 6. The summed E-state index contributed by atoms with van der Waals surface area (Å²) >= 11 is 1.59. The number of unbranched alkanes of at least 4 members (excludes halogenated alkanes) is 1. The number of rotatable bonds is 6. The summed E-state index contributed by atoms with van der Waals surface area (Å²) in [6, 6.07) is 0. The highest BCUT2D eigenvalue weighted by Gasteiger charge is 2.19. The number of anilines is 1. The topological polar surface area (TPSA) is 72.9 Å². The maximum Gasteiger partial charge on any atom is 0.214 e. The molecule has 0 aliphatic rings. The largest absolute Gasteiger partial charge is 0.360 e. The molecule has 0 unspecified atom stereocenters. The Morgan fingerprint density at radius 1 is 1.18 bits per heavy atom. The number of hydrogen-bond donors (Lipinski definition) is 1. The first kappa shape index (κ1) is 15.0. The second-order valence-electron chi connectivity index (χ2n) is 6.34. The lowest BCUT2D eigenvalue weighted by atomic mass is 9.93. The number of nitrogens with zero attached hydrogens (tertiary/aromatic N) is 6. The molecule has 3 aromatic rings. The van der Waals surface area contributed by atoms with E-state index in [4.69, 9.17) is 0 Å². The van der Waals surface area contributed by atoms with Crippen LogP contribution in [0.1, 0.15) is 39.3 Å². The first-order valence-electron chi connectivity index (χ1n) is 7.45. The van der Waals surface area contributed by atoms with Gasteiger partial charge in [0.25, 0.3) is 0 Å². The van der Waals surface area contributed by atoms with Crippen LogP contribution in [0, 0.1) is 0 Å². The quantitative estimate of drug-likeness (QED) is 0.707. The first-order valence-corrected chi connectivity index (χ1v) is 8.27. The minimum absolute atomic E-state index is 0.0587. The summed E-state index contributed by atoms with van der Waals surface area (Å²) in [7, 11) is 0. The number of nitrogens with one attached hydrogen (secondary N) is 1. The molecule has 8 heteroatoms. The highest BCUT2D eigenvalue weighted by atomic mass is 32.1. The molecular weight excluding hydrogens is 298 g/mol. The van der Waals surface area contributed by atoms with Crippen molar-refractivity contribution in [2.24, 2.45) is 0 Å². The SMILES string of the molecule is CC(C)(C)c1cn2nc(NCCCCn3cnnc3)sc2n1. The van der Waals surface area contributed by atoms with Crippen LogP contribution < -0.4 is 5.32 Å². The van der Waals surface area contributed by atoms with Crippen LogP contribution in [-0.4, -0.2) is 35.9 Å². The van der Waals surface area contributed by atoms with Gasteiger partial charge in [-0.1, -0.05) is 32.1 Å². The Bertz CT molecular complexity index is 689. The highest BCUT2D eigenvalue weighted by molar-refractivity contribution is 7.20. The lowest BCUT2D eigenvalue weighted by Crippen LogP contribution is -2.11. The summed E-state index contributed by atoms with van der Waals surface area (Å²) in [5.74, 6) is 0. The van der Waals surface area contributed by atoms with Crippen molar-refractivity contribution in [3.05, 3.63) is 24.5 Å².